The number of benzene rings is 2. The number of carbonyl (C=O) groups is 1. The minimum atomic E-state index is -3.48. The first-order valence-corrected chi connectivity index (χ1v) is 8.38. The van der Waals surface area contributed by atoms with Gasteiger partial charge in [-0.1, -0.05) is 48.0 Å². The average molecular weight is 303 g/mol. The lowest BCUT2D eigenvalue weighted by molar-refractivity contribution is -0.113. The Hall–Kier alpha value is -2.14. The number of aryl methyl sites for hydroxylation is 1. The zero-order chi connectivity index (χ0) is 15.3. The summed E-state index contributed by atoms with van der Waals surface area (Å²) in [6.45, 7) is 1.90. The third-order valence-corrected chi connectivity index (χ3v) is 4.35. The zero-order valence-corrected chi connectivity index (χ0v) is 12.6. The normalized spacial score (nSPS) is 11.1. The number of sulfone groups is 1. The number of nitrogens with one attached hydrogen (secondary N) is 1. The molecule has 5 heteroatoms. The minimum absolute atomic E-state index is 0.128. The molecule has 0 aromatic heterocycles. The van der Waals surface area contributed by atoms with Crippen molar-refractivity contribution in [1.82, 2.24) is 0 Å². The van der Waals surface area contributed by atoms with Gasteiger partial charge in [-0.25, -0.2) is 8.42 Å². The van der Waals surface area contributed by atoms with Gasteiger partial charge in [-0.15, -0.1) is 0 Å². The summed E-state index contributed by atoms with van der Waals surface area (Å²) in [7, 11) is -3.48. The van der Waals surface area contributed by atoms with Crippen LogP contribution in [0, 0.1) is 6.92 Å². The summed E-state index contributed by atoms with van der Waals surface area (Å²) in [5.41, 5.74) is 2.28. The first-order valence-electron chi connectivity index (χ1n) is 6.55. The Bertz CT molecular complexity index is 724. The highest BCUT2D eigenvalue weighted by atomic mass is 32.2. The molecule has 0 saturated carbocycles. The van der Waals surface area contributed by atoms with Crippen LogP contribution in [-0.2, 0) is 20.4 Å². The number of anilines is 1. The Kier molecular flexibility index (Phi) is 4.75. The van der Waals surface area contributed by atoms with E-state index in [9.17, 15) is 13.2 Å². The van der Waals surface area contributed by atoms with Crippen molar-refractivity contribution < 1.29 is 13.2 Å². The van der Waals surface area contributed by atoms with Crippen LogP contribution >= 0.6 is 0 Å². The molecule has 2 rings (SSSR count). The Balaban J connectivity index is 1.99. The molecule has 110 valence electrons. The molecule has 0 aliphatic rings. The lowest BCUT2D eigenvalue weighted by atomic mass is 10.2. The third kappa shape index (κ3) is 5.04. The first kappa shape index (κ1) is 15.3. The van der Waals surface area contributed by atoms with Gasteiger partial charge in [0.2, 0.25) is 5.91 Å². The fourth-order valence-corrected chi connectivity index (χ4v) is 3.29. The van der Waals surface area contributed by atoms with E-state index in [2.05, 4.69) is 5.32 Å². The molecule has 0 bridgehead atoms. The maximum Gasteiger partial charge on any atom is 0.239 e. The van der Waals surface area contributed by atoms with Crippen LogP contribution in [0.2, 0.25) is 0 Å². The van der Waals surface area contributed by atoms with E-state index < -0.39 is 21.5 Å². The highest BCUT2D eigenvalue weighted by molar-refractivity contribution is 7.91. The Morgan fingerprint density at radius 2 is 1.76 bits per heavy atom. The Morgan fingerprint density at radius 1 is 1.05 bits per heavy atom. The minimum Gasteiger partial charge on any atom is -0.325 e. The monoisotopic (exact) mass is 303 g/mol. The molecule has 4 nitrogen and oxygen atoms in total. The molecule has 0 heterocycles. The number of rotatable bonds is 5. The van der Waals surface area contributed by atoms with Crippen LogP contribution in [0.15, 0.2) is 54.6 Å². The van der Waals surface area contributed by atoms with E-state index in [4.69, 9.17) is 0 Å². The molecule has 0 radical (unpaired) electrons. The van der Waals surface area contributed by atoms with E-state index >= 15 is 0 Å². The third-order valence-electron chi connectivity index (χ3n) is 2.88. The van der Waals surface area contributed by atoms with E-state index in [0.29, 0.717) is 11.3 Å². The number of amides is 1. The first-order chi connectivity index (χ1) is 9.94. The van der Waals surface area contributed by atoms with E-state index in [0.717, 1.165) is 5.56 Å². The van der Waals surface area contributed by atoms with Gasteiger partial charge in [0.25, 0.3) is 0 Å². The van der Waals surface area contributed by atoms with Crippen LogP contribution in [0.1, 0.15) is 11.1 Å². The topological polar surface area (TPSA) is 63.2 Å². The Labute approximate surface area is 124 Å². The van der Waals surface area contributed by atoms with Crippen LogP contribution in [0.5, 0.6) is 0 Å². The molecule has 1 N–H and O–H groups in total. The van der Waals surface area contributed by atoms with E-state index in [1.54, 1.807) is 30.3 Å². The van der Waals surface area contributed by atoms with Gasteiger partial charge in [-0.05, 0) is 24.6 Å². The maximum absolute atomic E-state index is 12.1. The van der Waals surface area contributed by atoms with Crippen LogP contribution in [0.3, 0.4) is 0 Å². The summed E-state index contributed by atoms with van der Waals surface area (Å²) in [6, 6.07) is 16.1. The average Bonchev–Trinajstić information content (AvgIpc) is 2.38. The summed E-state index contributed by atoms with van der Waals surface area (Å²) in [4.78, 5) is 11.8. The van der Waals surface area contributed by atoms with Gasteiger partial charge < -0.3 is 5.32 Å². The number of carbonyl (C=O) groups excluding carboxylic acids is 1. The molecule has 0 aliphatic heterocycles. The van der Waals surface area contributed by atoms with Crippen LogP contribution < -0.4 is 5.32 Å². The highest BCUT2D eigenvalue weighted by Crippen LogP contribution is 2.10. The second kappa shape index (κ2) is 6.54. The van der Waals surface area contributed by atoms with Gasteiger partial charge >= 0.3 is 0 Å². The van der Waals surface area contributed by atoms with Gasteiger partial charge in [0.05, 0.1) is 5.75 Å². The second-order valence-electron chi connectivity index (χ2n) is 4.94. The van der Waals surface area contributed by atoms with Crippen LogP contribution in [-0.4, -0.2) is 20.1 Å². The molecule has 0 fully saturated rings. The van der Waals surface area contributed by atoms with E-state index in [1.165, 1.54) is 0 Å². The quantitative estimate of drug-likeness (QED) is 0.923. The van der Waals surface area contributed by atoms with Gasteiger partial charge in [-0.3, -0.25) is 4.79 Å². The summed E-state index contributed by atoms with van der Waals surface area (Å²) < 4.78 is 24.1. The van der Waals surface area contributed by atoms with Gasteiger partial charge in [0, 0.05) is 5.69 Å². The lowest BCUT2D eigenvalue weighted by Gasteiger charge is -2.07. The zero-order valence-electron chi connectivity index (χ0n) is 11.7. The fourth-order valence-electron chi connectivity index (χ4n) is 2.03. The molecule has 21 heavy (non-hydrogen) atoms. The number of para-hydroxylation sites is 1. The summed E-state index contributed by atoms with van der Waals surface area (Å²) in [5.74, 6) is -1.17. The number of hydrogen-bond acceptors (Lipinski definition) is 3. The Morgan fingerprint density at radius 3 is 2.43 bits per heavy atom. The van der Waals surface area contributed by atoms with Crippen molar-refractivity contribution in [2.45, 2.75) is 12.7 Å². The van der Waals surface area contributed by atoms with Gasteiger partial charge in [0.1, 0.15) is 5.75 Å². The molecular formula is C16H17NO3S. The molecule has 0 saturated heterocycles. The van der Waals surface area contributed by atoms with Crippen molar-refractivity contribution in [3.8, 4) is 0 Å². The number of hydrogen-bond donors (Lipinski definition) is 1. The fraction of sp³-hybridized carbons (Fsp3) is 0.188. The van der Waals surface area contributed by atoms with E-state index in [1.807, 2.05) is 31.2 Å². The molecule has 2 aromatic carbocycles. The second-order valence-corrected chi connectivity index (χ2v) is 7.00. The van der Waals surface area contributed by atoms with Crippen LogP contribution in [0.4, 0.5) is 5.69 Å². The highest BCUT2D eigenvalue weighted by Gasteiger charge is 2.17. The maximum atomic E-state index is 12.1. The van der Waals surface area contributed by atoms with Crippen molar-refractivity contribution in [2.75, 3.05) is 11.1 Å². The van der Waals surface area contributed by atoms with E-state index in [-0.39, 0.29) is 5.75 Å². The largest absolute Gasteiger partial charge is 0.325 e. The standard InChI is InChI=1S/C16H17NO3S/c1-13-6-5-7-14(10-13)11-21(19,20)12-16(18)17-15-8-3-2-4-9-15/h2-10H,11-12H2,1H3,(H,17,18). The summed E-state index contributed by atoms with van der Waals surface area (Å²) in [5, 5.41) is 2.58. The summed E-state index contributed by atoms with van der Waals surface area (Å²) >= 11 is 0. The molecule has 0 atom stereocenters. The molecule has 0 aliphatic carbocycles. The molecule has 2 aromatic rings. The smallest absolute Gasteiger partial charge is 0.239 e. The summed E-state index contributed by atoms with van der Waals surface area (Å²) in [6.07, 6.45) is 0. The predicted octanol–water partition coefficient (Wildman–Crippen LogP) is 2.55. The van der Waals surface area contributed by atoms with Crippen molar-refractivity contribution in [3.05, 3.63) is 65.7 Å². The van der Waals surface area contributed by atoms with Crippen molar-refractivity contribution in [2.24, 2.45) is 0 Å². The predicted molar refractivity (Wildman–Crippen MR) is 83.7 cm³/mol. The van der Waals surface area contributed by atoms with Crippen molar-refractivity contribution in [3.63, 3.8) is 0 Å². The van der Waals surface area contributed by atoms with Crippen LogP contribution in [0.25, 0.3) is 0 Å². The molecule has 0 spiro atoms. The molecular weight excluding hydrogens is 286 g/mol. The molecule has 0 unspecified atom stereocenters. The van der Waals surface area contributed by atoms with Gasteiger partial charge in [0.15, 0.2) is 9.84 Å². The van der Waals surface area contributed by atoms with Gasteiger partial charge in [-0.2, -0.15) is 0 Å². The van der Waals surface area contributed by atoms with Crippen molar-refractivity contribution >= 4 is 21.4 Å². The SMILES string of the molecule is Cc1cccc(CS(=O)(=O)CC(=O)Nc2ccccc2)c1. The molecule has 1 amide bonds. The lowest BCUT2D eigenvalue weighted by Crippen LogP contribution is -2.23. The van der Waals surface area contributed by atoms with Crippen molar-refractivity contribution in [1.29, 1.82) is 0 Å².